The number of aromatic nitrogens is 1. The van der Waals surface area contributed by atoms with E-state index in [1.54, 1.807) is 24.5 Å². The minimum absolute atomic E-state index is 0.0622. The number of piperazine rings is 1. The van der Waals surface area contributed by atoms with Crippen LogP contribution in [0.2, 0.25) is 0 Å². The van der Waals surface area contributed by atoms with Gasteiger partial charge in [-0.3, -0.25) is 14.7 Å². The number of nitrogens with zero attached hydrogens (tertiary/aromatic N) is 3. The molecule has 166 valence electrons. The van der Waals surface area contributed by atoms with Crippen molar-refractivity contribution >= 4 is 15.9 Å². The van der Waals surface area contributed by atoms with Crippen LogP contribution in [0.4, 0.5) is 0 Å². The van der Waals surface area contributed by atoms with Gasteiger partial charge in [0.2, 0.25) is 10.0 Å². The predicted molar refractivity (Wildman–Crippen MR) is 116 cm³/mol. The molecule has 9 heteroatoms. The second-order valence-electron chi connectivity index (χ2n) is 7.94. The van der Waals surface area contributed by atoms with Crippen LogP contribution < -0.4 is 4.72 Å². The number of amides is 1. The summed E-state index contributed by atoms with van der Waals surface area (Å²) in [4.78, 5) is 21.2. The van der Waals surface area contributed by atoms with Crippen molar-refractivity contribution in [1.82, 2.24) is 19.5 Å². The minimum Gasteiger partial charge on any atom is -0.377 e. The monoisotopic (exact) mass is 444 g/mol. The van der Waals surface area contributed by atoms with E-state index in [0.29, 0.717) is 25.3 Å². The number of carbonyl (C=O) groups excluding carboxylic acids is 1. The molecule has 0 saturated carbocycles. The normalized spacial score (nSPS) is 20.1. The lowest BCUT2D eigenvalue weighted by Crippen LogP contribution is -2.48. The summed E-state index contributed by atoms with van der Waals surface area (Å²) in [6.07, 6.45) is 5.34. The molecule has 1 aromatic carbocycles. The molecule has 2 saturated heterocycles. The molecule has 2 fully saturated rings. The van der Waals surface area contributed by atoms with Gasteiger partial charge in [-0.05, 0) is 54.8 Å². The number of carbonyl (C=O) groups is 1. The molecule has 0 radical (unpaired) electrons. The molecule has 2 aromatic rings. The summed E-state index contributed by atoms with van der Waals surface area (Å²) in [5, 5.41) is 0. The maximum atomic E-state index is 12.8. The summed E-state index contributed by atoms with van der Waals surface area (Å²) in [6.45, 7) is 4.69. The molecule has 1 atom stereocenters. The average Bonchev–Trinajstić information content (AvgIpc) is 3.33. The number of ether oxygens (including phenoxy) is 1. The summed E-state index contributed by atoms with van der Waals surface area (Å²) >= 11 is 0. The van der Waals surface area contributed by atoms with E-state index in [0.717, 1.165) is 32.5 Å². The van der Waals surface area contributed by atoms with Crippen LogP contribution in [0.5, 0.6) is 0 Å². The SMILES string of the molecule is O=C(c1ccc(S(=O)(=O)NC[C@H]2CCCO2)cc1)N1CCN(Cc2ccncc2)CC1. The number of pyridine rings is 1. The largest absolute Gasteiger partial charge is 0.377 e. The smallest absolute Gasteiger partial charge is 0.253 e. The molecule has 0 bridgehead atoms. The van der Waals surface area contributed by atoms with E-state index in [-0.39, 0.29) is 23.5 Å². The zero-order valence-electron chi connectivity index (χ0n) is 17.4. The highest BCUT2D eigenvalue weighted by Gasteiger charge is 2.24. The molecule has 0 spiro atoms. The topological polar surface area (TPSA) is 91.8 Å². The van der Waals surface area contributed by atoms with Gasteiger partial charge in [0.15, 0.2) is 0 Å². The molecule has 3 heterocycles. The second-order valence-corrected chi connectivity index (χ2v) is 9.70. The number of hydrogen-bond donors (Lipinski definition) is 1. The van der Waals surface area contributed by atoms with Crippen molar-refractivity contribution in [1.29, 1.82) is 0 Å². The Morgan fingerprint density at radius 3 is 2.42 bits per heavy atom. The van der Waals surface area contributed by atoms with Crippen LogP contribution in [0, 0.1) is 0 Å². The van der Waals surface area contributed by atoms with E-state index in [1.165, 1.54) is 17.7 Å². The van der Waals surface area contributed by atoms with Crippen molar-refractivity contribution in [2.75, 3.05) is 39.3 Å². The van der Waals surface area contributed by atoms with Crippen LogP contribution >= 0.6 is 0 Å². The predicted octanol–water partition coefficient (Wildman–Crippen LogP) is 1.50. The molecule has 1 N–H and O–H groups in total. The second kappa shape index (κ2) is 9.86. The van der Waals surface area contributed by atoms with Gasteiger partial charge in [-0.1, -0.05) is 0 Å². The Morgan fingerprint density at radius 1 is 1.06 bits per heavy atom. The summed E-state index contributed by atoms with van der Waals surface area (Å²) in [7, 11) is -3.62. The molecule has 2 aliphatic rings. The van der Waals surface area contributed by atoms with Gasteiger partial charge in [0, 0.05) is 63.8 Å². The number of sulfonamides is 1. The van der Waals surface area contributed by atoms with E-state index in [1.807, 2.05) is 17.0 Å². The van der Waals surface area contributed by atoms with Gasteiger partial charge in [-0.15, -0.1) is 0 Å². The van der Waals surface area contributed by atoms with Crippen LogP contribution in [-0.2, 0) is 21.3 Å². The standard InChI is InChI=1S/C22H28N4O4S/c27-22(26-13-11-25(12-14-26)17-18-7-9-23-10-8-18)19-3-5-21(6-4-19)31(28,29)24-16-20-2-1-15-30-20/h3-10,20,24H,1-2,11-17H2/t20-/m1/s1. The number of nitrogens with one attached hydrogen (secondary N) is 1. The summed E-state index contributed by atoms with van der Waals surface area (Å²) in [5.74, 6) is -0.0696. The van der Waals surface area contributed by atoms with E-state index in [9.17, 15) is 13.2 Å². The first-order valence-corrected chi connectivity index (χ1v) is 12.1. The number of hydrogen-bond acceptors (Lipinski definition) is 6. The summed E-state index contributed by atoms with van der Waals surface area (Å²) < 4.78 is 33.0. The third-order valence-corrected chi connectivity index (χ3v) is 7.19. The first-order valence-electron chi connectivity index (χ1n) is 10.6. The Bertz CT molecular complexity index is 968. The molecule has 0 aliphatic carbocycles. The Kier molecular flexibility index (Phi) is 6.96. The van der Waals surface area contributed by atoms with Crippen molar-refractivity contribution in [2.45, 2.75) is 30.4 Å². The van der Waals surface area contributed by atoms with Crippen LogP contribution in [0.1, 0.15) is 28.8 Å². The lowest BCUT2D eigenvalue weighted by Gasteiger charge is -2.34. The van der Waals surface area contributed by atoms with E-state index in [4.69, 9.17) is 4.74 Å². The van der Waals surface area contributed by atoms with Gasteiger partial charge in [0.25, 0.3) is 5.91 Å². The fourth-order valence-electron chi connectivity index (χ4n) is 3.91. The Hall–Kier alpha value is -2.33. The zero-order valence-corrected chi connectivity index (χ0v) is 18.3. The van der Waals surface area contributed by atoms with Gasteiger partial charge in [-0.2, -0.15) is 0 Å². The summed E-state index contributed by atoms with van der Waals surface area (Å²) in [5.41, 5.74) is 1.71. The van der Waals surface area contributed by atoms with Crippen molar-refractivity contribution in [3.8, 4) is 0 Å². The minimum atomic E-state index is -3.62. The quantitative estimate of drug-likeness (QED) is 0.696. The molecule has 1 amide bonds. The molecule has 4 rings (SSSR count). The van der Waals surface area contributed by atoms with Crippen LogP contribution in [0.25, 0.3) is 0 Å². The van der Waals surface area contributed by atoms with E-state index in [2.05, 4.69) is 14.6 Å². The maximum absolute atomic E-state index is 12.8. The van der Waals surface area contributed by atoms with Gasteiger partial charge in [0.05, 0.1) is 11.0 Å². The molecular weight excluding hydrogens is 416 g/mol. The van der Waals surface area contributed by atoms with Crippen LogP contribution in [0.15, 0.2) is 53.7 Å². The zero-order chi connectivity index (χ0) is 21.7. The summed E-state index contributed by atoms with van der Waals surface area (Å²) in [6, 6.07) is 10.2. The van der Waals surface area contributed by atoms with E-state index < -0.39 is 10.0 Å². The van der Waals surface area contributed by atoms with Gasteiger partial charge in [0.1, 0.15) is 0 Å². The highest BCUT2D eigenvalue weighted by atomic mass is 32.2. The highest BCUT2D eigenvalue weighted by molar-refractivity contribution is 7.89. The first kappa shape index (κ1) is 21.9. The van der Waals surface area contributed by atoms with Crippen molar-refractivity contribution < 1.29 is 17.9 Å². The van der Waals surface area contributed by atoms with Crippen LogP contribution in [-0.4, -0.2) is 74.5 Å². The van der Waals surface area contributed by atoms with Crippen LogP contribution in [0.3, 0.4) is 0 Å². The fraction of sp³-hybridized carbons (Fsp3) is 0.455. The third-order valence-electron chi connectivity index (χ3n) is 5.75. The van der Waals surface area contributed by atoms with E-state index >= 15 is 0 Å². The Labute approximate surface area is 183 Å². The maximum Gasteiger partial charge on any atom is 0.253 e. The molecule has 8 nitrogen and oxygen atoms in total. The number of rotatable bonds is 7. The molecule has 1 aromatic heterocycles. The third kappa shape index (κ3) is 5.68. The Morgan fingerprint density at radius 2 is 1.77 bits per heavy atom. The van der Waals surface area contributed by atoms with Gasteiger partial charge >= 0.3 is 0 Å². The highest BCUT2D eigenvalue weighted by Crippen LogP contribution is 2.16. The lowest BCUT2D eigenvalue weighted by atomic mass is 10.1. The molecule has 31 heavy (non-hydrogen) atoms. The number of benzene rings is 1. The fourth-order valence-corrected chi connectivity index (χ4v) is 4.97. The molecular formula is C22H28N4O4S. The van der Waals surface area contributed by atoms with Crippen molar-refractivity contribution in [3.05, 3.63) is 59.9 Å². The molecule has 0 unspecified atom stereocenters. The van der Waals surface area contributed by atoms with Gasteiger partial charge in [-0.25, -0.2) is 13.1 Å². The molecule has 2 aliphatic heterocycles. The van der Waals surface area contributed by atoms with Crippen molar-refractivity contribution in [3.63, 3.8) is 0 Å². The lowest BCUT2D eigenvalue weighted by molar-refractivity contribution is 0.0628. The average molecular weight is 445 g/mol. The van der Waals surface area contributed by atoms with Gasteiger partial charge < -0.3 is 9.64 Å². The Balaban J connectivity index is 1.30. The van der Waals surface area contributed by atoms with Crippen molar-refractivity contribution in [2.24, 2.45) is 0 Å². The first-order chi connectivity index (χ1) is 15.0.